The van der Waals surface area contributed by atoms with Gasteiger partial charge in [-0.1, -0.05) is 36.4 Å². The van der Waals surface area contributed by atoms with Gasteiger partial charge in [0.1, 0.15) is 0 Å². The van der Waals surface area contributed by atoms with Crippen LogP contribution in [-0.2, 0) is 0 Å². The Labute approximate surface area is 213 Å². The van der Waals surface area contributed by atoms with Crippen LogP contribution in [0, 0.1) is 11.8 Å². The maximum absolute atomic E-state index is 13.5. The van der Waals surface area contributed by atoms with E-state index in [0.717, 1.165) is 51.6 Å². The molecule has 5 rings (SSSR count). The zero-order valence-corrected chi connectivity index (χ0v) is 21.3. The predicted octanol–water partition coefficient (Wildman–Crippen LogP) is 7.11. The lowest BCUT2D eigenvalue weighted by atomic mass is 9.75. The van der Waals surface area contributed by atoms with Crippen molar-refractivity contribution in [2.45, 2.75) is 94.9 Å². The number of nitrogens with zero attached hydrogens (tertiary/aromatic N) is 2. The van der Waals surface area contributed by atoms with Gasteiger partial charge in [-0.15, -0.1) is 0 Å². The lowest BCUT2D eigenvalue weighted by molar-refractivity contribution is -0.146. The van der Waals surface area contributed by atoms with Crippen LogP contribution in [0.25, 0.3) is 0 Å². The molecular formula is C30H39F3N2O. The quantitative estimate of drug-likeness (QED) is 0.415. The maximum atomic E-state index is 13.5. The predicted molar refractivity (Wildman–Crippen MR) is 137 cm³/mol. The summed E-state index contributed by atoms with van der Waals surface area (Å²) in [4.78, 5) is 18.2. The van der Waals surface area contributed by atoms with Crippen LogP contribution >= 0.6 is 0 Å². The molecule has 1 aromatic rings. The SMILES string of the molecule is C[C@H](c1ccc(C(=O)N(C2CC2)C2CCN(C3CCC(C4C=CC=CC4)CC3)CC2)cc1)C(F)(F)F. The molecule has 3 fully saturated rings. The van der Waals surface area contributed by atoms with Gasteiger partial charge in [0.05, 0.1) is 5.92 Å². The molecule has 1 saturated heterocycles. The monoisotopic (exact) mass is 500 g/mol. The third kappa shape index (κ3) is 5.74. The summed E-state index contributed by atoms with van der Waals surface area (Å²) in [6, 6.07) is 7.28. The second-order valence-electron chi connectivity index (χ2n) is 11.4. The molecule has 1 aliphatic heterocycles. The van der Waals surface area contributed by atoms with Gasteiger partial charge >= 0.3 is 6.18 Å². The van der Waals surface area contributed by atoms with Gasteiger partial charge in [0.15, 0.2) is 0 Å². The minimum Gasteiger partial charge on any atom is -0.333 e. The minimum atomic E-state index is -4.27. The van der Waals surface area contributed by atoms with Crippen molar-refractivity contribution >= 4 is 5.91 Å². The van der Waals surface area contributed by atoms with Crippen molar-refractivity contribution in [2.24, 2.45) is 11.8 Å². The summed E-state index contributed by atoms with van der Waals surface area (Å²) < 4.78 is 39.2. The molecule has 1 heterocycles. The highest BCUT2D eigenvalue weighted by Gasteiger charge is 2.41. The van der Waals surface area contributed by atoms with Crippen LogP contribution in [0.2, 0.25) is 0 Å². The van der Waals surface area contributed by atoms with Crippen LogP contribution in [0.4, 0.5) is 13.2 Å². The number of piperidine rings is 1. The molecule has 6 heteroatoms. The lowest BCUT2D eigenvalue weighted by Crippen LogP contribution is -2.51. The van der Waals surface area contributed by atoms with Gasteiger partial charge in [-0.3, -0.25) is 4.79 Å². The number of alkyl halides is 3. The van der Waals surface area contributed by atoms with Gasteiger partial charge in [0, 0.05) is 36.8 Å². The van der Waals surface area contributed by atoms with E-state index in [1.807, 2.05) is 0 Å². The van der Waals surface area contributed by atoms with Crippen molar-refractivity contribution in [3.63, 3.8) is 0 Å². The summed E-state index contributed by atoms with van der Waals surface area (Å²) in [7, 11) is 0. The number of likely N-dealkylation sites (tertiary alicyclic amines) is 1. The Morgan fingerprint density at radius 2 is 1.56 bits per heavy atom. The lowest BCUT2D eigenvalue weighted by Gasteiger charge is -2.44. The Balaban J connectivity index is 1.15. The van der Waals surface area contributed by atoms with Gasteiger partial charge in [0.2, 0.25) is 0 Å². The molecule has 4 aliphatic rings. The molecule has 0 radical (unpaired) electrons. The van der Waals surface area contributed by atoms with Gasteiger partial charge in [-0.05, 0) is 94.2 Å². The molecule has 3 nitrogen and oxygen atoms in total. The fourth-order valence-corrected chi connectivity index (χ4v) is 6.61. The Morgan fingerprint density at radius 3 is 2.11 bits per heavy atom. The highest BCUT2D eigenvalue weighted by Crippen LogP contribution is 2.39. The molecule has 2 saturated carbocycles. The van der Waals surface area contributed by atoms with Crippen LogP contribution in [0.1, 0.15) is 86.6 Å². The summed E-state index contributed by atoms with van der Waals surface area (Å²) in [5, 5.41) is 0. The molecular weight excluding hydrogens is 461 g/mol. The number of amides is 1. The topological polar surface area (TPSA) is 23.6 Å². The van der Waals surface area contributed by atoms with Crippen LogP contribution < -0.4 is 0 Å². The molecule has 0 bridgehead atoms. The van der Waals surface area contributed by atoms with Crippen LogP contribution in [0.15, 0.2) is 48.6 Å². The van der Waals surface area contributed by atoms with Crippen molar-refractivity contribution in [2.75, 3.05) is 13.1 Å². The maximum Gasteiger partial charge on any atom is 0.395 e. The van der Waals surface area contributed by atoms with E-state index in [-0.39, 0.29) is 23.6 Å². The number of hydrogen-bond donors (Lipinski definition) is 0. The minimum absolute atomic E-state index is 0.0164. The zero-order chi connectivity index (χ0) is 25.3. The first-order chi connectivity index (χ1) is 17.3. The van der Waals surface area contributed by atoms with E-state index < -0.39 is 12.1 Å². The number of hydrogen-bond acceptors (Lipinski definition) is 2. The second kappa shape index (κ2) is 10.7. The summed E-state index contributed by atoms with van der Waals surface area (Å²) in [5.74, 6) is -0.0205. The number of allylic oxidation sites excluding steroid dienone is 4. The molecule has 0 spiro atoms. The first-order valence-corrected chi connectivity index (χ1v) is 13.9. The smallest absolute Gasteiger partial charge is 0.333 e. The van der Waals surface area contributed by atoms with Crippen molar-refractivity contribution in [3.8, 4) is 0 Å². The fraction of sp³-hybridized carbons (Fsp3) is 0.633. The van der Waals surface area contributed by atoms with Gasteiger partial charge in [0.25, 0.3) is 5.91 Å². The molecule has 0 N–H and O–H groups in total. The van der Waals surface area contributed by atoms with Gasteiger partial charge < -0.3 is 9.80 Å². The van der Waals surface area contributed by atoms with E-state index in [0.29, 0.717) is 17.5 Å². The van der Waals surface area contributed by atoms with Gasteiger partial charge in [-0.25, -0.2) is 0 Å². The van der Waals surface area contributed by atoms with E-state index >= 15 is 0 Å². The molecule has 1 unspecified atom stereocenters. The molecule has 3 aliphatic carbocycles. The molecule has 0 aromatic heterocycles. The van der Waals surface area contributed by atoms with E-state index in [1.165, 1.54) is 44.2 Å². The molecule has 2 atom stereocenters. The standard InChI is InChI=1S/C30H39F3N2O/c1-21(30(31,32)33)22-7-9-25(10-8-22)29(36)35(27-15-16-27)28-17-19-34(20-18-28)26-13-11-24(12-14-26)23-5-3-2-4-6-23/h2-5,7-10,21,23-24,26-28H,6,11-20H2,1H3/t21-,23?,24?,26?/m1/s1. The first kappa shape index (κ1) is 25.6. The highest BCUT2D eigenvalue weighted by molar-refractivity contribution is 5.95. The normalized spacial score (nSPS) is 28.7. The number of carbonyl (C=O) groups is 1. The third-order valence-electron chi connectivity index (χ3n) is 9.09. The van der Waals surface area contributed by atoms with Crippen LogP contribution in [0.5, 0.6) is 0 Å². The van der Waals surface area contributed by atoms with E-state index in [4.69, 9.17) is 0 Å². The molecule has 196 valence electrons. The van der Waals surface area contributed by atoms with E-state index in [1.54, 1.807) is 12.1 Å². The Morgan fingerprint density at radius 1 is 0.917 bits per heavy atom. The fourth-order valence-electron chi connectivity index (χ4n) is 6.61. The molecule has 1 aromatic carbocycles. The Hall–Kier alpha value is -2.08. The number of rotatable bonds is 6. The largest absolute Gasteiger partial charge is 0.395 e. The van der Waals surface area contributed by atoms with Crippen molar-refractivity contribution in [3.05, 3.63) is 59.7 Å². The highest BCUT2D eigenvalue weighted by atomic mass is 19.4. The van der Waals surface area contributed by atoms with E-state index in [9.17, 15) is 18.0 Å². The number of carbonyl (C=O) groups excluding carboxylic acids is 1. The van der Waals surface area contributed by atoms with Crippen molar-refractivity contribution < 1.29 is 18.0 Å². The second-order valence-corrected chi connectivity index (χ2v) is 11.4. The van der Waals surface area contributed by atoms with Crippen LogP contribution in [0.3, 0.4) is 0 Å². The van der Waals surface area contributed by atoms with Crippen molar-refractivity contribution in [1.29, 1.82) is 0 Å². The van der Waals surface area contributed by atoms with Crippen LogP contribution in [-0.4, -0.2) is 53.1 Å². The first-order valence-electron chi connectivity index (χ1n) is 13.9. The summed E-state index contributed by atoms with van der Waals surface area (Å²) in [6.45, 7) is 3.23. The molecule has 36 heavy (non-hydrogen) atoms. The van der Waals surface area contributed by atoms with Crippen molar-refractivity contribution in [1.82, 2.24) is 9.80 Å². The summed E-state index contributed by atoms with van der Waals surface area (Å²) >= 11 is 0. The number of halogens is 3. The van der Waals surface area contributed by atoms with Gasteiger partial charge in [-0.2, -0.15) is 13.2 Å². The Kier molecular flexibility index (Phi) is 7.62. The third-order valence-corrected chi connectivity index (χ3v) is 9.09. The van der Waals surface area contributed by atoms with E-state index in [2.05, 4.69) is 34.1 Å². The average molecular weight is 501 g/mol. The summed E-state index contributed by atoms with van der Waals surface area (Å²) in [5.41, 5.74) is 0.711. The summed E-state index contributed by atoms with van der Waals surface area (Å²) in [6.07, 6.45) is 15.2. The molecule has 1 amide bonds. The number of benzene rings is 1. The zero-order valence-electron chi connectivity index (χ0n) is 21.3. The average Bonchev–Trinajstić information content (AvgIpc) is 3.74. The Bertz CT molecular complexity index is 949.